The van der Waals surface area contributed by atoms with E-state index in [9.17, 15) is 9.59 Å². The molecule has 0 spiro atoms. The van der Waals surface area contributed by atoms with Crippen molar-refractivity contribution in [3.63, 3.8) is 0 Å². The lowest BCUT2D eigenvalue weighted by Crippen LogP contribution is -2.24. The van der Waals surface area contributed by atoms with Gasteiger partial charge in [0.2, 0.25) is 0 Å². The maximum absolute atomic E-state index is 12.1. The first-order valence-corrected chi connectivity index (χ1v) is 8.22. The van der Waals surface area contributed by atoms with E-state index in [0.717, 1.165) is 24.9 Å². The summed E-state index contributed by atoms with van der Waals surface area (Å²) in [5.74, 6) is 0.525. The fourth-order valence-corrected chi connectivity index (χ4v) is 2.26. The molecule has 5 heteroatoms. The predicted octanol–water partition coefficient (Wildman–Crippen LogP) is 3.95. The van der Waals surface area contributed by atoms with E-state index in [2.05, 4.69) is 22.5 Å². The van der Waals surface area contributed by atoms with E-state index in [1.54, 1.807) is 30.5 Å². The van der Waals surface area contributed by atoms with Gasteiger partial charge in [0.25, 0.3) is 5.91 Å². The summed E-state index contributed by atoms with van der Waals surface area (Å²) in [7, 11) is 0. The van der Waals surface area contributed by atoms with Crippen LogP contribution in [0.5, 0.6) is 0 Å². The molecular weight excluding hydrogens is 302 g/mol. The Morgan fingerprint density at radius 1 is 1.04 bits per heavy atom. The van der Waals surface area contributed by atoms with Crippen molar-refractivity contribution in [1.29, 1.82) is 0 Å². The molecule has 126 valence electrons. The second kappa shape index (κ2) is 8.82. The van der Waals surface area contributed by atoms with Crippen LogP contribution in [-0.4, -0.2) is 23.2 Å². The van der Waals surface area contributed by atoms with Crippen LogP contribution in [-0.2, 0) is 0 Å². The number of pyridine rings is 1. The number of aromatic nitrogens is 1. The molecule has 2 N–H and O–H groups in total. The van der Waals surface area contributed by atoms with E-state index in [1.807, 2.05) is 12.1 Å². The second-order valence-electron chi connectivity index (χ2n) is 5.65. The third kappa shape index (κ3) is 5.19. The van der Waals surface area contributed by atoms with E-state index in [4.69, 9.17) is 0 Å². The Bertz CT molecular complexity index is 696. The Morgan fingerprint density at radius 3 is 2.46 bits per heavy atom. The lowest BCUT2D eigenvalue weighted by atomic mass is 10.1. The van der Waals surface area contributed by atoms with Crippen molar-refractivity contribution in [2.24, 2.45) is 0 Å². The van der Waals surface area contributed by atoms with Crippen LogP contribution >= 0.6 is 0 Å². The van der Waals surface area contributed by atoms with Crippen molar-refractivity contribution in [3.05, 3.63) is 53.7 Å². The van der Waals surface area contributed by atoms with Gasteiger partial charge in [0.05, 0.1) is 0 Å². The van der Waals surface area contributed by atoms with Crippen molar-refractivity contribution in [2.45, 2.75) is 33.1 Å². The highest BCUT2D eigenvalue weighted by Crippen LogP contribution is 2.16. The lowest BCUT2D eigenvalue weighted by Gasteiger charge is -2.08. The van der Waals surface area contributed by atoms with Crippen LogP contribution < -0.4 is 10.6 Å². The zero-order chi connectivity index (χ0) is 17.4. The first kappa shape index (κ1) is 17.7. The zero-order valence-corrected chi connectivity index (χ0v) is 14.1. The lowest BCUT2D eigenvalue weighted by molar-refractivity contribution is 0.0952. The number of nitrogens with zero attached hydrogens (tertiary/aromatic N) is 1. The van der Waals surface area contributed by atoms with Gasteiger partial charge in [-0.2, -0.15) is 0 Å². The SMILES string of the molecule is CCCCCNC(=O)c1ccnc(Nc2ccc(C(C)=O)cc2)c1. The minimum atomic E-state index is -0.0940. The van der Waals surface area contributed by atoms with Crippen molar-refractivity contribution >= 4 is 23.2 Å². The Hall–Kier alpha value is -2.69. The van der Waals surface area contributed by atoms with Crippen LogP contribution in [0.4, 0.5) is 11.5 Å². The van der Waals surface area contributed by atoms with Gasteiger partial charge in [-0.15, -0.1) is 0 Å². The van der Waals surface area contributed by atoms with E-state index >= 15 is 0 Å². The summed E-state index contributed by atoms with van der Waals surface area (Å²) in [5, 5.41) is 6.05. The number of ketones is 1. The highest BCUT2D eigenvalue weighted by molar-refractivity contribution is 5.95. The summed E-state index contributed by atoms with van der Waals surface area (Å²) in [6, 6.07) is 10.6. The smallest absolute Gasteiger partial charge is 0.251 e. The molecule has 24 heavy (non-hydrogen) atoms. The highest BCUT2D eigenvalue weighted by atomic mass is 16.1. The van der Waals surface area contributed by atoms with E-state index < -0.39 is 0 Å². The topological polar surface area (TPSA) is 71.1 Å². The number of nitrogens with one attached hydrogen (secondary N) is 2. The van der Waals surface area contributed by atoms with Crippen LogP contribution in [0.15, 0.2) is 42.6 Å². The molecule has 2 rings (SSSR count). The molecule has 0 aliphatic carbocycles. The third-order valence-corrected chi connectivity index (χ3v) is 3.65. The summed E-state index contributed by atoms with van der Waals surface area (Å²) in [5.41, 5.74) is 2.05. The number of anilines is 2. The highest BCUT2D eigenvalue weighted by Gasteiger charge is 2.07. The fourth-order valence-electron chi connectivity index (χ4n) is 2.26. The monoisotopic (exact) mass is 325 g/mol. The Labute approximate surface area is 142 Å². The predicted molar refractivity (Wildman–Crippen MR) is 95.8 cm³/mol. The third-order valence-electron chi connectivity index (χ3n) is 3.65. The Kier molecular flexibility index (Phi) is 6.49. The van der Waals surface area contributed by atoms with Crippen LogP contribution in [0, 0.1) is 0 Å². The van der Waals surface area contributed by atoms with Gasteiger partial charge in [0.15, 0.2) is 5.78 Å². The van der Waals surface area contributed by atoms with Gasteiger partial charge in [-0.3, -0.25) is 9.59 Å². The largest absolute Gasteiger partial charge is 0.352 e. The molecule has 5 nitrogen and oxygen atoms in total. The Balaban J connectivity index is 1.99. The summed E-state index contributed by atoms with van der Waals surface area (Å²) >= 11 is 0. The molecular formula is C19H23N3O2. The van der Waals surface area contributed by atoms with Crippen molar-refractivity contribution in [1.82, 2.24) is 10.3 Å². The number of unbranched alkanes of at least 4 members (excludes halogenated alkanes) is 2. The van der Waals surface area contributed by atoms with Crippen molar-refractivity contribution in [2.75, 3.05) is 11.9 Å². The molecule has 1 aromatic carbocycles. The summed E-state index contributed by atoms with van der Waals surface area (Å²) in [6.45, 7) is 4.35. The maximum Gasteiger partial charge on any atom is 0.251 e. The number of benzene rings is 1. The van der Waals surface area contributed by atoms with Gasteiger partial charge in [-0.05, 0) is 49.7 Å². The standard InChI is InChI=1S/C19H23N3O2/c1-3-4-5-11-21-19(24)16-10-12-20-18(13-16)22-17-8-6-15(7-9-17)14(2)23/h6-10,12-13H,3-5,11H2,1-2H3,(H,20,22)(H,21,24). The number of rotatable bonds is 8. The molecule has 0 saturated carbocycles. The number of hydrogen-bond donors (Lipinski definition) is 2. The molecule has 0 fully saturated rings. The molecule has 1 aromatic heterocycles. The van der Waals surface area contributed by atoms with Gasteiger partial charge >= 0.3 is 0 Å². The molecule has 2 aromatic rings. The second-order valence-corrected chi connectivity index (χ2v) is 5.65. The van der Waals surface area contributed by atoms with E-state index in [1.165, 1.54) is 6.92 Å². The molecule has 0 saturated heterocycles. The van der Waals surface area contributed by atoms with Gasteiger partial charge in [0.1, 0.15) is 5.82 Å². The average molecular weight is 325 g/mol. The van der Waals surface area contributed by atoms with Crippen LogP contribution in [0.25, 0.3) is 0 Å². The minimum Gasteiger partial charge on any atom is -0.352 e. The number of Topliss-reactive ketones (excluding diaryl/α,β-unsaturated/α-hetero) is 1. The number of carbonyl (C=O) groups is 2. The van der Waals surface area contributed by atoms with E-state index in [-0.39, 0.29) is 11.7 Å². The fraction of sp³-hybridized carbons (Fsp3) is 0.316. The summed E-state index contributed by atoms with van der Waals surface area (Å²) < 4.78 is 0. The molecule has 0 aliphatic heterocycles. The number of amides is 1. The minimum absolute atomic E-state index is 0.0291. The number of carbonyl (C=O) groups excluding carboxylic acids is 2. The molecule has 1 heterocycles. The molecule has 0 atom stereocenters. The van der Waals surface area contributed by atoms with Crippen LogP contribution in [0.2, 0.25) is 0 Å². The van der Waals surface area contributed by atoms with E-state index in [0.29, 0.717) is 23.5 Å². The van der Waals surface area contributed by atoms with Gasteiger partial charge in [-0.25, -0.2) is 4.98 Å². The normalized spacial score (nSPS) is 10.2. The van der Waals surface area contributed by atoms with Crippen molar-refractivity contribution < 1.29 is 9.59 Å². The van der Waals surface area contributed by atoms with Crippen LogP contribution in [0.1, 0.15) is 53.8 Å². The quantitative estimate of drug-likeness (QED) is 0.569. The first-order chi connectivity index (χ1) is 11.6. The summed E-state index contributed by atoms with van der Waals surface area (Å²) in [4.78, 5) is 27.6. The van der Waals surface area contributed by atoms with Crippen molar-refractivity contribution in [3.8, 4) is 0 Å². The van der Waals surface area contributed by atoms with Gasteiger partial charge in [-0.1, -0.05) is 19.8 Å². The van der Waals surface area contributed by atoms with Gasteiger partial charge in [0, 0.05) is 29.6 Å². The van der Waals surface area contributed by atoms with Gasteiger partial charge < -0.3 is 10.6 Å². The average Bonchev–Trinajstić information content (AvgIpc) is 2.59. The maximum atomic E-state index is 12.1. The number of hydrogen-bond acceptors (Lipinski definition) is 4. The first-order valence-electron chi connectivity index (χ1n) is 8.22. The van der Waals surface area contributed by atoms with Crippen LogP contribution in [0.3, 0.4) is 0 Å². The molecule has 0 aliphatic rings. The molecule has 0 bridgehead atoms. The molecule has 0 radical (unpaired) electrons. The Morgan fingerprint density at radius 2 is 1.79 bits per heavy atom. The molecule has 1 amide bonds. The molecule has 0 unspecified atom stereocenters. The zero-order valence-electron chi connectivity index (χ0n) is 14.1. The summed E-state index contributed by atoms with van der Waals surface area (Å²) in [6.07, 6.45) is 4.83.